The third-order valence-electron chi connectivity index (χ3n) is 4.12. The van der Waals surface area contributed by atoms with Gasteiger partial charge in [-0.1, -0.05) is 6.92 Å². The van der Waals surface area contributed by atoms with E-state index in [1.54, 1.807) is 0 Å². The number of hydrogen-bond donors (Lipinski definition) is 1. The number of carbonyl (C=O) groups is 1. The second-order valence-corrected chi connectivity index (χ2v) is 5.44. The van der Waals surface area contributed by atoms with Gasteiger partial charge in [0.25, 0.3) is 5.91 Å². The molecule has 0 radical (unpaired) electrons. The Kier molecular flexibility index (Phi) is 5.17. The van der Waals surface area contributed by atoms with Crippen molar-refractivity contribution in [3.05, 3.63) is 17.5 Å². The minimum atomic E-state index is 0.103. The largest absolute Gasteiger partial charge is 0.337 e. The molecule has 0 saturated carbocycles. The maximum Gasteiger partial charge on any atom is 0.272 e. The van der Waals surface area contributed by atoms with Crippen LogP contribution in [-0.2, 0) is 13.0 Å². The van der Waals surface area contributed by atoms with E-state index in [1.807, 2.05) is 29.6 Å². The molecule has 1 amide bonds. The minimum Gasteiger partial charge on any atom is -0.337 e. The molecular formula is C15H26N4O. The van der Waals surface area contributed by atoms with Crippen LogP contribution in [0, 0.1) is 0 Å². The highest BCUT2D eigenvalue weighted by atomic mass is 16.2. The molecule has 5 heteroatoms. The normalized spacial score (nSPS) is 19.6. The molecule has 0 spiro atoms. The molecule has 1 fully saturated rings. The van der Waals surface area contributed by atoms with Gasteiger partial charge in [0.1, 0.15) is 5.69 Å². The van der Waals surface area contributed by atoms with Crippen LogP contribution in [-0.4, -0.2) is 46.8 Å². The van der Waals surface area contributed by atoms with Crippen molar-refractivity contribution < 1.29 is 4.79 Å². The van der Waals surface area contributed by atoms with Crippen molar-refractivity contribution in [2.75, 3.05) is 20.1 Å². The first-order valence-corrected chi connectivity index (χ1v) is 7.72. The molecule has 5 nitrogen and oxygen atoms in total. The molecule has 1 aliphatic heterocycles. The van der Waals surface area contributed by atoms with Crippen LogP contribution in [0.5, 0.6) is 0 Å². The molecule has 1 aromatic heterocycles. The molecule has 112 valence electrons. The summed E-state index contributed by atoms with van der Waals surface area (Å²) in [7, 11) is 1.93. The lowest BCUT2D eigenvalue weighted by molar-refractivity contribution is 0.0708. The maximum atomic E-state index is 12.7. The summed E-state index contributed by atoms with van der Waals surface area (Å²) in [6.07, 6.45) is 4.11. The third kappa shape index (κ3) is 3.20. The summed E-state index contributed by atoms with van der Waals surface area (Å²) in [5, 5.41) is 7.86. The molecule has 1 atom stereocenters. The topological polar surface area (TPSA) is 50.2 Å². The number of amides is 1. The van der Waals surface area contributed by atoms with E-state index in [-0.39, 0.29) is 5.91 Å². The van der Waals surface area contributed by atoms with E-state index in [0.29, 0.717) is 6.04 Å². The van der Waals surface area contributed by atoms with Gasteiger partial charge in [-0.25, -0.2) is 0 Å². The highest BCUT2D eigenvalue weighted by Gasteiger charge is 2.24. The van der Waals surface area contributed by atoms with E-state index in [1.165, 1.54) is 0 Å². The Morgan fingerprint density at radius 1 is 1.45 bits per heavy atom. The molecule has 1 unspecified atom stereocenters. The summed E-state index contributed by atoms with van der Waals surface area (Å²) in [5.41, 5.74) is 1.72. The van der Waals surface area contributed by atoms with Gasteiger partial charge in [0.2, 0.25) is 0 Å². The van der Waals surface area contributed by atoms with Crippen molar-refractivity contribution in [3.8, 4) is 0 Å². The van der Waals surface area contributed by atoms with Gasteiger partial charge < -0.3 is 10.2 Å². The van der Waals surface area contributed by atoms with Gasteiger partial charge in [-0.05, 0) is 51.8 Å². The van der Waals surface area contributed by atoms with Crippen molar-refractivity contribution in [1.82, 2.24) is 20.0 Å². The van der Waals surface area contributed by atoms with Gasteiger partial charge in [0.05, 0.1) is 5.69 Å². The van der Waals surface area contributed by atoms with Gasteiger partial charge in [0.15, 0.2) is 0 Å². The predicted molar refractivity (Wildman–Crippen MR) is 79.9 cm³/mol. The molecule has 1 saturated heterocycles. The van der Waals surface area contributed by atoms with Crippen molar-refractivity contribution in [2.24, 2.45) is 0 Å². The summed E-state index contributed by atoms with van der Waals surface area (Å²) in [6, 6.07) is 2.28. The fourth-order valence-corrected chi connectivity index (χ4v) is 2.79. The zero-order valence-electron chi connectivity index (χ0n) is 12.9. The van der Waals surface area contributed by atoms with Crippen molar-refractivity contribution in [3.63, 3.8) is 0 Å². The molecule has 0 bridgehead atoms. The molecule has 2 heterocycles. The van der Waals surface area contributed by atoms with Gasteiger partial charge in [-0.3, -0.25) is 9.48 Å². The fraction of sp³-hybridized carbons (Fsp3) is 0.733. The average Bonchev–Trinajstić information content (AvgIpc) is 2.70. The van der Waals surface area contributed by atoms with Crippen LogP contribution in [0.4, 0.5) is 0 Å². The number of carbonyl (C=O) groups excluding carboxylic acids is 1. The zero-order valence-corrected chi connectivity index (χ0v) is 12.9. The molecule has 1 aliphatic rings. The fourth-order valence-electron chi connectivity index (χ4n) is 2.79. The molecule has 20 heavy (non-hydrogen) atoms. The van der Waals surface area contributed by atoms with E-state index in [2.05, 4.69) is 17.3 Å². The van der Waals surface area contributed by atoms with Crippen molar-refractivity contribution in [2.45, 2.75) is 52.1 Å². The maximum absolute atomic E-state index is 12.7. The van der Waals surface area contributed by atoms with E-state index >= 15 is 0 Å². The van der Waals surface area contributed by atoms with Gasteiger partial charge in [-0.15, -0.1) is 0 Å². The number of hydrogen-bond acceptors (Lipinski definition) is 3. The molecule has 2 rings (SSSR count). The SMILES string of the molecule is CCc1cc(C(=O)N(C)C2CCCNCC2)n(CC)n1. The zero-order chi connectivity index (χ0) is 14.5. The van der Waals surface area contributed by atoms with E-state index in [4.69, 9.17) is 0 Å². The number of nitrogens with one attached hydrogen (secondary N) is 1. The van der Waals surface area contributed by atoms with Crippen molar-refractivity contribution in [1.29, 1.82) is 0 Å². The summed E-state index contributed by atoms with van der Waals surface area (Å²) < 4.78 is 1.83. The lowest BCUT2D eigenvalue weighted by Gasteiger charge is -2.27. The lowest BCUT2D eigenvalue weighted by atomic mass is 10.1. The van der Waals surface area contributed by atoms with Crippen molar-refractivity contribution >= 4 is 5.91 Å². The first-order chi connectivity index (χ1) is 9.67. The Morgan fingerprint density at radius 3 is 2.95 bits per heavy atom. The second kappa shape index (κ2) is 6.88. The Morgan fingerprint density at radius 2 is 2.25 bits per heavy atom. The summed E-state index contributed by atoms with van der Waals surface area (Å²) in [5.74, 6) is 0.103. The van der Waals surface area contributed by atoms with Crippen LogP contribution in [0.15, 0.2) is 6.07 Å². The van der Waals surface area contributed by atoms with Crippen LogP contribution in [0.3, 0.4) is 0 Å². The predicted octanol–water partition coefficient (Wildman–Crippen LogP) is 1.68. The molecule has 1 aromatic rings. The Balaban J connectivity index is 2.14. The molecular weight excluding hydrogens is 252 g/mol. The number of aryl methyl sites for hydroxylation is 2. The first-order valence-electron chi connectivity index (χ1n) is 7.72. The van der Waals surface area contributed by atoms with Crippen LogP contribution in [0.1, 0.15) is 49.3 Å². The second-order valence-electron chi connectivity index (χ2n) is 5.44. The van der Waals surface area contributed by atoms with Crippen LogP contribution in [0.2, 0.25) is 0 Å². The average molecular weight is 278 g/mol. The lowest BCUT2D eigenvalue weighted by Crippen LogP contribution is -2.38. The van der Waals surface area contributed by atoms with Crippen LogP contribution >= 0.6 is 0 Å². The van der Waals surface area contributed by atoms with Gasteiger partial charge in [0, 0.05) is 19.6 Å². The Labute approximate surface area is 121 Å². The Bertz CT molecular complexity index is 447. The smallest absolute Gasteiger partial charge is 0.272 e. The van der Waals surface area contributed by atoms with E-state index < -0.39 is 0 Å². The van der Waals surface area contributed by atoms with E-state index in [0.717, 1.165) is 56.7 Å². The third-order valence-corrected chi connectivity index (χ3v) is 4.12. The first kappa shape index (κ1) is 15.0. The standard InChI is InChI=1S/C15H26N4O/c1-4-12-11-14(19(5-2)17-12)15(20)18(3)13-7-6-9-16-10-8-13/h11,13,16H,4-10H2,1-3H3. The van der Waals surface area contributed by atoms with Crippen LogP contribution in [0.25, 0.3) is 0 Å². The minimum absolute atomic E-state index is 0.103. The van der Waals surface area contributed by atoms with Crippen LogP contribution < -0.4 is 5.32 Å². The quantitative estimate of drug-likeness (QED) is 0.911. The highest BCUT2D eigenvalue weighted by Crippen LogP contribution is 2.16. The van der Waals surface area contributed by atoms with E-state index in [9.17, 15) is 4.79 Å². The number of rotatable bonds is 4. The number of aromatic nitrogens is 2. The molecule has 0 aromatic carbocycles. The summed E-state index contributed by atoms with van der Waals surface area (Å²) in [6.45, 7) is 6.89. The van der Waals surface area contributed by atoms with Gasteiger partial charge >= 0.3 is 0 Å². The summed E-state index contributed by atoms with van der Waals surface area (Å²) >= 11 is 0. The molecule has 0 aliphatic carbocycles. The monoisotopic (exact) mass is 278 g/mol. The highest BCUT2D eigenvalue weighted by molar-refractivity contribution is 5.92. The molecule has 1 N–H and O–H groups in total. The Hall–Kier alpha value is -1.36. The van der Waals surface area contributed by atoms with Gasteiger partial charge in [-0.2, -0.15) is 5.10 Å². The summed E-state index contributed by atoms with van der Waals surface area (Å²) in [4.78, 5) is 14.6. The number of nitrogens with zero attached hydrogens (tertiary/aromatic N) is 3.